The van der Waals surface area contributed by atoms with Crippen molar-refractivity contribution in [1.29, 1.82) is 0 Å². The van der Waals surface area contributed by atoms with Gasteiger partial charge in [-0.15, -0.1) is 0 Å². The highest BCUT2D eigenvalue weighted by Crippen LogP contribution is 2.42. The first-order valence-electron chi connectivity index (χ1n) is 8.09. The van der Waals surface area contributed by atoms with E-state index in [0.717, 1.165) is 25.9 Å². The molecule has 0 bridgehead atoms. The Morgan fingerprint density at radius 1 is 1.41 bits per heavy atom. The number of benzene rings is 1. The Morgan fingerprint density at radius 2 is 2.27 bits per heavy atom. The summed E-state index contributed by atoms with van der Waals surface area (Å²) in [6.45, 7) is 4.49. The van der Waals surface area contributed by atoms with Crippen molar-refractivity contribution >= 4 is 0 Å². The molecule has 1 aromatic carbocycles. The maximum absolute atomic E-state index is 14.2. The third-order valence-electron chi connectivity index (χ3n) is 4.63. The van der Waals surface area contributed by atoms with E-state index in [4.69, 9.17) is 14.3 Å². The van der Waals surface area contributed by atoms with Crippen LogP contribution in [0.3, 0.4) is 0 Å². The van der Waals surface area contributed by atoms with E-state index < -0.39 is 5.54 Å². The van der Waals surface area contributed by atoms with E-state index in [2.05, 4.69) is 12.4 Å². The summed E-state index contributed by atoms with van der Waals surface area (Å²) >= 11 is 0. The topological polar surface area (TPSA) is 39.7 Å². The number of hydrogen-bond donors (Lipinski definition) is 1. The van der Waals surface area contributed by atoms with Gasteiger partial charge in [-0.3, -0.25) is 0 Å². The van der Waals surface area contributed by atoms with Crippen molar-refractivity contribution < 1.29 is 18.7 Å². The third-order valence-corrected chi connectivity index (χ3v) is 4.63. The second-order valence-electron chi connectivity index (χ2n) is 6.16. The standard InChI is InChI=1S/C17H24FNO3/c1-2-3-8-20-11-14-9-13-10-22-19-17(13,12-21-14)15-6-4-5-7-16(15)18/h4-7,13-14,19H,2-3,8-12H2,1H3/t13-,14+,17-/m0/s1. The third kappa shape index (κ3) is 3.04. The van der Waals surface area contributed by atoms with Gasteiger partial charge in [-0.1, -0.05) is 31.5 Å². The number of unbranched alkanes of at least 4 members (excludes halogenated alkanes) is 1. The van der Waals surface area contributed by atoms with Crippen molar-refractivity contribution in [3.05, 3.63) is 35.6 Å². The summed E-state index contributed by atoms with van der Waals surface area (Å²) in [5.41, 5.74) is 3.07. The van der Waals surface area contributed by atoms with Gasteiger partial charge in [-0.05, 0) is 18.9 Å². The summed E-state index contributed by atoms with van der Waals surface area (Å²) in [5, 5.41) is 0. The Kier molecular flexibility index (Phi) is 5.08. The summed E-state index contributed by atoms with van der Waals surface area (Å²) in [4.78, 5) is 5.46. The number of rotatable bonds is 6. The molecule has 4 nitrogen and oxygen atoms in total. The van der Waals surface area contributed by atoms with Gasteiger partial charge >= 0.3 is 0 Å². The van der Waals surface area contributed by atoms with Gasteiger partial charge in [-0.2, -0.15) is 5.48 Å². The molecule has 3 rings (SSSR count). The molecule has 0 amide bonds. The predicted molar refractivity (Wildman–Crippen MR) is 80.7 cm³/mol. The molecule has 0 saturated carbocycles. The maximum atomic E-state index is 14.2. The van der Waals surface area contributed by atoms with E-state index >= 15 is 0 Å². The van der Waals surface area contributed by atoms with E-state index in [-0.39, 0.29) is 17.8 Å². The molecule has 5 heteroatoms. The smallest absolute Gasteiger partial charge is 0.128 e. The minimum absolute atomic E-state index is 0.0604. The van der Waals surface area contributed by atoms with E-state index in [0.29, 0.717) is 25.4 Å². The molecule has 2 saturated heterocycles. The first kappa shape index (κ1) is 15.9. The van der Waals surface area contributed by atoms with Crippen LogP contribution in [0.25, 0.3) is 0 Å². The monoisotopic (exact) mass is 309 g/mol. The van der Waals surface area contributed by atoms with Crippen LogP contribution in [0.4, 0.5) is 4.39 Å². The Morgan fingerprint density at radius 3 is 3.09 bits per heavy atom. The number of hydroxylamine groups is 1. The minimum atomic E-state index is -0.578. The average Bonchev–Trinajstić information content (AvgIpc) is 2.96. The lowest BCUT2D eigenvalue weighted by Gasteiger charge is -2.41. The highest BCUT2D eigenvalue weighted by molar-refractivity contribution is 5.29. The predicted octanol–water partition coefficient (Wildman–Crippen LogP) is 2.78. The van der Waals surface area contributed by atoms with Crippen molar-refractivity contribution in [2.75, 3.05) is 26.4 Å². The molecule has 0 aliphatic carbocycles. The van der Waals surface area contributed by atoms with Gasteiger partial charge in [0.1, 0.15) is 5.82 Å². The Labute approximate surface area is 130 Å². The maximum Gasteiger partial charge on any atom is 0.128 e. The van der Waals surface area contributed by atoms with Crippen LogP contribution in [0.5, 0.6) is 0 Å². The molecular formula is C17H24FNO3. The largest absolute Gasteiger partial charge is 0.379 e. The summed E-state index contributed by atoms with van der Waals surface area (Å²) in [6, 6.07) is 6.85. The lowest BCUT2D eigenvalue weighted by molar-refractivity contribution is -0.0975. The minimum Gasteiger partial charge on any atom is -0.379 e. The Bertz CT molecular complexity index is 499. The van der Waals surface area contributed by atoms with Gasteiger partial charge in [0.15, 0.2) is 0 Å². The lowest BCUT2D eigenvalue weighted by Crippen LogP contribution is -2.52. The van der Waals surface area contributed by atoms with Crippen molar-refractivity contribution in [2.45, 2.75) is 37.8 Å². The molecule has 0 spiro atoms. The van der Waals surface area contributed by atoms with Crippen molar-refractivity contribution in [1.82, 2.24) is 5.48 Å². The Balaban J connectivity index is 1.67. The lowest BCUT2D eigenvalue weighted by atomic mass is 9.75. The van der Waals surface area contributed by atoms with Crippen molar-refractivity contribution in [3.63, 3.8) is 0 Å². The quantitative estimate of drug-likeness (QED) is 0.820. The highest BCUT2D eigenvalue weighted by atomic mass is 19.1. The molecule has 0 aromatic heterocycles. The molecule has 2 aliphatic rings. The fourth-order valence-corrected chi connectivity index (χ4v) is 3.30. The first-order valence-corrected chi connectivity index (χ1v) is 8.09. The fourth-order valence-electron chi connectivity index (χ4n) is 3.30. The second-order valence-corrected chi connectivity index (χ2v) is 6.16. The molecule has 2 heterocycles. The van der Waals surface area contributed by atoms with Gasteiger partial charge in [0.05, 0.1) is 31.5 Å². The number of nitrogens with one attached hydrogen (secondary N) is 1. The molecule has 22 heavy (non-hydrogen) atoms. The van der Waals surface area contributed by atoms with E-state index in [9.17, 15) is 4.39 Å². The van der Waals surface area contributed by atoms with Gasteiger partial charge < -0.3 is 14.3 Å². The van der Waals surface area contributed by atoms with Gasteiger partial charge in [0.2, 0.25) is 0 Å². The highest BCUT2D eigenvalue weighted by Gasteiger charge is 2.51. The van der Waals surface area contributed by atoms with Crippen LogP contribution < -0.4 is 5.48 Å². The molecule has 1 aromatic rings. The SMILES string of the molecule is CCCCOC[C@H]1C[C@H]2CON[C@@]2(c2ccccc2F)CO1. The van der Waals surface area contributed by atoms with Gasteiger partial charge in [0, 0.05) is 18.1 Å². The van der Waals surface area contributed by atoms with Crippen LogP contribution in [-0.4, -0.2) is 32.5 Å². The van der Waals surface area contributed by atoms with Gasteiger partial charge in [0.25, 0.3) is 0 Å². The normalized spacial score (nSPS) is 31.2. The molecule has 0 unspecified atom stereocenters. The fraction of sp³-hybridized carbons (Fsp3) is 0.647. The zero-order valence-electron chi connectivity index (χ0n) is 13.0. The summed E-state index contributed by atoms with van der Waals surface area (Å²) < 4.78 is 25.8. The molecular weight excluding hydrogens is 285 g/mol. The van der Waals surface area contributed by atoms with Crippen molar-refractivity contribution in [3.8, 4) is 0 Å². The average molecular weight is 309 g/mol. The van der Waals surface area contributed by atoms with E-state index in [1.165, 1.54) is 6.07 Å². The van der Waals surface area contributed by atoms with Crippen molar-refractivity contribution in [2.24, 2.45) is 5.92 Å². The molecule has 122 valence electrons. The molecule has 3 atom stereocenters. The Hall–Kier alpha value is -1.01. The van der Waals surface area contributed by atoms with E-state index in [1.807, 2.05) is 12.1 Å². The molecule has 2 aliphatic heterocycles. The zero-order chi connectivity index (χ0) is 15.4. The molecule has 1 N–H and O–H groups in total. The number of fused-ring (bicyclic) bond motifs is 1. The second kappa shape index (κ2) is 7.04. The van der Waals surface area contributed by atoms with E-state index in [1.54, 1.807) is 6.07 Å². The number of ether oxygens (including phenoxy) is 2. The molecule has 2 fully saturated rings. The van der Waals surface area contributed by atoms with Crippen LogP contribution in [-0.2, 0) is 19.9 Å². The van der Waals surface area contributed by atoms with Gasteiger partial charge in [-0.25, -0.2) is 4.39 Å². The van der Waals surface area contributed by atoms with Crippen LogP contribution in [0, 0.1) is 11.7 Å². The summed E-state index contributed by atoms with van der Waals surface area (Å²) in [5.74, 6) is -0.0235. The molecule has 0 radical (unpaired) electrons. The van der Waals surface area contributed by atoms with Crippen LogP contribution in [0.15, 0.2) is 24.3 Å². The van der Waals surface area contributed by atoms with Crippen LogP contribution >= 0.6 is 0 Å². The van der Waals surface area contributed by atoms with Crippen LogP contribution in [0.1, 0.15) is 31.7 Å². The number of halogens is 1. The zero-order valence-corrected chi connectivity index (χ0v) is 13.0. The first-order chi connectivity index (χ1) is 10.8. The number of hydrogen-bond acceptors (Lipinski definition) is 4. The summed E-state index contributed by atoms with van der Waals surface area (Å²) in [7, 11) is 0. The van der Waals surface area contributed by atoms with Crippen LogP contribution in [0.2, 0.25) is 0 Å². The summed E-state index contributed by atoms with van der Waals surface area (Å²) in [6.07, 6.45) is 3.07.